The van der Waals surface area contributed by atoms with Gasteiger partial charge in [-0.3, -0.25) is 9.69 Å². The highest BCUT2D eigenvalue weighted by molar-refractivity contribution is 5.78. The molecule has 1 unspecified atom stereocenters. The van der Waals surface area contributed by atoms with E-state index in [1.54, 1.807) is 7.11 Å². The van der Waals surface area contributed by atoms with Crippen molar-refractivity contribution in [3.05, 3.63) is 65.2 Å². The van der Waals surface area contributed by atoms with E-state index < -0.39 is 0 Å². The topological polar surface area (TPSA) is 41.6 Å². The van der Waals surface area contributed by atoms with Crippen LogP contribution in [0, 0.1) is 12.3 Å². The van der Waals surface area contributed by atoms with Gasteiger partial charge in [0.1, 0.15) is 5.75 Å². The zero-order valence-electron chi connectivity index (χ0n) is 15.8. The summed E-state index contributed by atoms with van der Waals surface area (Å²) in [6.45, 7) is 1.36. The Kier molecular flexibility index (Phi) is 6.51. The summed E-state index contributed by atoms with van der Waals surface area (Å²) in [6, 6.07) is 16.5. The van der Waals surface area contributed by atoms with E-state index in [1.807, 2.05) is 24.3 Å². The second-order valence-corrected chi connectivity index (χ2v) is 6.77. The molecule has 2 aromatic rings. The van der Waals surface area contributed by atoms with Crippen molar-refractivity contribution in [3.8, 4) is 18.1 Å². The fourth-order valence-corrected chi connectivity index (χ4v) is 3.79. The third-order valence-electron chi connectivity index (χ3n) is 5.09. The first-order chi connectivity index (χ1) is 13.2. The Labute approximate surface area is 161 Å². The molecular formula is C23H26N2O2. The summed E-state index contributed by atoms with van der Waals surface area (Å²) in [5, 5.41) is 3.01. The van der Waals surface area contributed by atoms with Crippen molar-refractivity contribution in [2.24, 2.45) is 0 Å². The Bertz CT molecular complexity index is 825. The first-order valence-electron chi connectivity index (χ1n) is 9.37. The maximum absolute atomic E-state index is 12.5. The normalized spacial score (nSPS) is 15.2. The van der Waals surface area contributed by atoms with Crippen molar-refractivity contribution in [1.82, 2.24) is 10.2 Å². The van der Waals surface area contributed by atoms with E-state index in [0.29, 0.717) is 19.6 Å². The Morgan fingerprint density at radius 1 is 1.26 bits per heavy atom. The zero-order valence-corrected chi connectivity index (χ0v) is 15.8. The summed E-state index contributed by atoms with van der Waals surface area (Å²) >= 11 is 0. The number of para-hydroxylation sites is 1. The lowest BCUT2D eigenvalue weighted by Gasteiger charge is -2.27. The number of terminal acetylenes is 1. The van der Waals surface area contributed by atoms with Gasteiger partial charge in [0, 0.05) is 12.6 Å². The number of ether oxygens (including phenoxy) is 1. The van der Waals surface area contributed by atoms with Crippen LogP contribution in [0.2, 0.25) is 0 Å². The van der Waals surface area contributed by atoms with Crippen LogP contribution >= 0.6 is 0 Å². The predicted molar refractivity (Wildman–Crippen MR) is 108 cm³/mol. The van der Waals surface area contributed by atoms with Crippen LogP contribution in [0.25, 0.3) is 0 Å². The summed E-state index contributed by atoms with van der Waals surface area (Å²) < 4.78 is 5.36. The second-order valence-electron chi connectivity index (χ2n) is 6.77. The van der Waals surface area contributed by atoms with Crippen LogP contribution in [0.15, 0.2) is 48.5 Å². The van der Waals surface area contributed by atoms with Crippen molar-refractivity contribution >= 4 is 5.91 Å². The van der Waals surface area contributed by atoms with E-state index in [-0.39, 0.29) is 11.9 Å². The number of hydrogen-bond donors (Lipinski definition) is 1. The molecule has 0 aliphatic heterocycles. The third-order valence-corrected chi connectivity index (χ3v) is 5.09. The van der Waals surface area contributed by atoms with Crippen molar-refractivity contribution < 1.29 is 9.53 Å². The number of nitrogens with one attached hydrogen (secondary N) is 1. The highest BCUT2D eigenvalue weighted by atomic mass is 16.5. The van der Waals surface area contributed by atoms with Gasteiger partial charge in [0.05, 0.1) is 20.2 Å². The molecule has 0 aromatic heterocycles. The molecular weight excluding hydrogens is 336 g/mol. The number of carbonyl (C=O) groups excluding carboxylic acids is 1. The molecule has 0 saturated heterocycles. The van der Waals surface area contributed by atoms with Crippen LogP contribution in [-0.2, 0) is 17.6 Å². The first kappa shape index (κ1) is 19.0. The molecule has 0 saturated carbocycles. The molecule has 1 aliphatic rings. The van der Waals surface area contributed by atoms with E-state index in [9.17, 15) is 4.79 Å². The van der Waals surface area contributed by atoms with E-state index in [4.69, 9.17) is 11.2 Å². The number of methoxy groups -OCH3 is 1. The predicted octanol–water partition coefficient (Wildman–Crippen LogP) is 2.98. The minimum Gasteiger partial charge on any atom is -0.496 e. The summed E-state index contributed by atoms with van der Waals surface area (Å²) in [6.07, 6.45) is 8.35. The van der Waals surface area contributed by atoms with E-state index in [0.717, 1.165) is 30.6 Å². The summed E-state index contributed by atoms with van der Waals surface area (Å²) in [4.78, 5) is 14.6. The van der Waals surface area contributed by atoms with Gasteiger partial charge in [0.15, 0.2) is 0 Å². The molecule has 3 rings (SSSR count). The quantitative estimate of drug-likeness (QED) is 0.734. The average Bonchev–Trinajstić information content (AvgIpc) is 3.12. The molecule has 1 aliphatic carbocycles. The van der Waals surface area contributed by atoms with Crippen LogP contribution in [0.3, 0.4) is 0 Å². The van der Waals surface area contributed by atoms with Crippen molar-refractivity contribution in [2.45, 2.75) is 25.3 Å². The summed E-state index contributed by atoms with van der Waals surface area (Å²) in [5.74, 6) is 3.56. The van der Waals surface area contributed by atoms with Crippen molar-refractivity contribution in [2.75, 3.05) is 26.7 Å². The lowest BCUT2D eigenvalue weighted by molar-refractivity contribution is -0.122. The van der Waals surface area contributed by atoms with Gasteiger partial charge in [-0.1, -0.05) is 48.4 Å². The fourth-order valence-electron chi connectivity index (χ4n) is 3.79. The van der Waals surface area contributed by atoms with Crippen LogP contribution in [0.5, 0.6) is 5.75 Å². The molecule has 0 fully saturated rings. The van der Waals surface area contributed by atoms with Gasteiger partial charge in [-0.05, 0) is 42.0 Å². The Morgan fingerprint density at radius 3 is 2.85 bits per heavy atom. The van der Waals surface area contributed by atoms with Crippen molar-refractivity contribution in [1.29, 1.82) is 0 Å². The fraction of sp³-hybridized carbons (Fsp3) is 0.348. The molecule has 0 bridgehead atoms. The molecule has 1 atom stereocenters. The van der Waals surface area contributed by atoms with Crippen LogP contribution in [0.1, 0.15) is 29.2 Å². The average molecular weight is 362 g/mol. The third kappa shape index (κ3) is 4.69. The molecule has 1 N–H and O–H groups in total. The molecule has 4 heteroatoms. The minimum atomic E-state index is 0.00419. The molecule has 0 spiro atoms. The molecule has 27 heavy (non-hydrogen) atoms. The number of fused-ring (bicyclic) bond motifs is 1. The second kappa shape index (κ2) is 9.25. The number of carbonyl (C=O) groups is 1. The molecule has 0 heterocycles. The smallest absolute Gasteiger partial charge is 0.234 e. The Balaban J connectivity index is 1.56. The number of benzene rings is 2. The van der Waals surface area contributed by atoms with Gasteiger partial charge in [-0.2, -0.15) is 0 Å². The number of rotatable bonds is 8. The van der Waals surface area contributed by atoms with Crippen molar-refractivity contribution in [3.63, 3.8) is 0 Å². The van der Waals surface area contributed by atoms with Gasteiger partial charge in [0.2, 0.25) is 5.91 Å². The Hall–Kier alpha value is -2.77. The SMILES string of the molecule is C#CCN(CC(=O)NCCc1ccccc1OC)C1CCc2ccccc21. The van der Waals surface area contributed by atoms with Gasteiger partial charge in [-0.15, -0.1) is 6.42 Å². The molecule has 140 valence electrons. The van der Waals surface area contributed by atoms with Gasteiger partial charge >= 0.3 is 0 Å². The molecule has 0 radical (unpaired) electrons. The maximum atomic E-state index is 12.5. The molecule has 1 amide bonds. The number of hydrogen-bond acceptors (Lipinski definition) is 3. The summed E-state index contributed by atoms with van der Waals surface area (Å²) in [7, 11) is 1.66. The summed E-state index contributed by atoms with van der Waals surface area (Å²) in [5.41, 5.74) is 3.75. The van der Waals surface area contributed by atoms with Gasteiger partial charge in [0.25, 0.3) is 0 Å². The van der Waals surface area contributed by atoms with Crippen LogP contribution < -0.4 is 10.1 Å². The number of nitrogens with zero attached hydrogens (tertiary/aromatic N) is 1. The number of aryl methyl sites for hydroxylation is 1. The first-order valence-corrected chi connectivity index (χ1v) is 9.37. The lowest BCUT2D eigenvalue weighted by atomic mass is 10.1. The van der Waals surface area contributed by atoms with Gasteiger partial charge < -0.3 is 10.1 Å². The van der Waals surface area contributed by atoms with E-state index in [2.05, 4.69) is 40.4 Å². The van der Waals surface area contributed by atoms with E-state index >= 15 is 0 Å². The van der Waals surface area contributed by atoms with E-state index in [1.165, 1.54) is 11.1 Å². The molecule has 2 aromatic carbocycles. The highest BCUT2D eigenvalue weighted by Crippen LogP contribution is 2.35. The zero-order chi connectivity index (χ0) is 19.1. The highest BCUT2D eigenvalue weighted by Gasteiger charge is 2.28. The standard InChI is InChI=1S/C23H26N2O2/c1-3-16-25(21-13-12-18-8-4-6-10-20(18)21)17-23(26)24-15-14-19-9-5-7-11-22(19)27-2/h1,4-11,21H,12-17H2,2H3,(H,24,26). The van der Waals surface area contributed by atoms with Gasteiger partial charge in [-0.25, -0.2) is 0 Å². The monoisotopic (exact) mass is 362 g/mol. The van der Waals surface area contributed by atoms with Crippen LogP contribution in [0.4, 0.5) is 0 Å². The Morgan fingerprint density at radius 2 is 2.04 bits per heavy atom. The number of amides is 1. The largest absolute Gasteiger partial charge is 0.496 e. The minimum absolute atomic E-state index is 0.00419. The maximum Gasteiger partial charge on any atom is 0.234 e. The lowest BCUT2D eigenvalue weighted by Crippen LogP contribution is -2.39. The molecule has 4 nitrogen and oxygen atoms in total. The van der Waals surface area contributed by atoms with Crippen LogP contribution in [-0.4, -0.2) is 37.6 Å².